The van der Waals surface area contributed by atoms with Gasteiger partial charge in [0.2, 0.25) is 0 Å². The van der Waals surface area contributed by atoms with Crippen molar-refractivity contribution in [1.29, 1.82) is 0 Å². The Balaban J connectivity index is 1.68. The fraction of sp³-hybridized carbons (Fsp3) is 0.455. The lowest BCUT2D eigenvalue weighted by molar-refractivity contribution is -0.266. The Labute approximate surface area is 196 Å². The molecule has 31 heavy (non-hydrogen) atoms. The zero-order valence-electron chi connectivity index (χ0n) is 17.1. The number of benzene rings is 2. The van der Waals surface area contributed by atoms with Crippen molar-refractivity contribution in [2.75, 3.05) is 30.7 Å². The zero-order valence-corrected chi connectivity index (χ0v) is 19.6. The summed E-state index contributed by atoms with van der Waals surface area (Å²) in [6.45, 7) is 3.21. The van der Waals surface area contributed by atoms with Crippen molar-refractivity contribution in [1.82, 2.24) is 4.90 Å². The van der Waals surface area contributed by atoms with Crippen molar-refractivity contribution in [2.24, 2.45) is 0 Å². The first-order valence-electron chi connectivity index (χ1n) is 10.3. The van der Waals surface area contributed by atoms with Crippen LogP contribution in [0.25, 0.3) is 0 Å². The first kappa shape index (κ1) is 24.6. The lowest BCUT2D eigenvalue weighted by atomic mass is 10.1. The van der Waals surface area contributed by atoms with Gasteiger partial charge >= 0.3 is 6.36 Å². The summed E-state index contributed by atoms with van der Waals surface area (Å²) in [7, 11) is 0. The Bertz CT molecular complexity index is 802. The van der Waals surface area contributed by atoms with Crippen LogP contribution in [-0.2, 0) is 4.18 Å². The van der Waals surface area contributed by atoms with Crippen LogP contribution in [0.4, 0.5) is 18.9 Å². The van der Waals surface area contributed by atoms with Gasteiger partial charge in [0.1, 0.15) is 0 Å². The lowest BCUT2D eigenvalue weighted by Crippen LogP contribution is -2.34. The molecule has 1 N–H and O–H groups in total. The van der Waals surface area contributed by atoms with Crippen LogP contribution in [0.5, 0.6) is 0 Å². The van der Waals surface area contributed by atoms with Gasteiger partial charge in [-0.05, 0) is 62.7 Å². The topological polar surface area (TPSA) is 24.5 Å². The van der Waals surface area contributed by atoms with E-state index in [0.29, 0.717) is 27.5 Å². The maximum atomic E-state index is 12.6. The van der Waals surface area contributed by atoms with E-state index in [1.165, 1.54) is 24.2 Å². The summed E-state index contributed by atoms with van der Waals surface area (Å²) in [5.74, 6) is 0.810. The Kier molecular flexibility index (Phi) is 9.77. The standard InChI is InChI=1S/C22H27F3N2OS3/c23-22(24,25)28-31-21-15-18(29)9-10-20(21)26-17(11-14-27-12-5-2-6-13-27)16-30-19-7-3-1-4-8-19/h1,3-4,7-10,15,17,26,29H,2,5-6,11-14,16H2. The van der Waals surface area contributed by atoms with Crippen LogP contribution in [0.15, 0.2) is 63.2 Å². The monoisotopic (exact) mass is 488 g/mol. The molecule has 1 aliphatic heterocycles. The number of anilines is 1. The van der Waals surface area contributed by atoms with Gasteiger partial charge in [-0.15, -0.1) is 37.6 Å². The largest absolute Gasteiger partial charge is 0.533 e. The highest BCUT2D eigenvalue weighted by Crippen LogP contribution is 2.36. The number of hydrogen-bond donors (Lipinski definition) is 2. The number of rotatable bonds is 10. The molecule has 0 bridgehead atoms. The molecule has 9 heteroatoms. The summed E-state index contributed by atoms with van der Waals surface area (Å²) in [5.41, 5.74) is 0.629. The number of halogens is 3. The third kappa shape index (κ3) is 9.18. The van der Waals surface area contributed by atoms with Gasteiger partial charge in [-0.2, -0.15) is 0 Å². The predicted octanol–water partition coefficient (Wildman–Crippen LogP) is 6.97. The minimum atomic E-state index is -4.70. The Morgan fingerprint density at radius 1 is 1.06 bits per heavy atom. The third-order valence-electron chi connectivity index (χ3n) is 4.99. The minimum Gasteiger partial charge on any atom is -0.380 e. The van der Waals surface area contributed by atoms with E-state index in [0.717, 1.165) is 31.8 Å². The number of hydrogen-bond acceptors (Lipinski definition) is 6. The molecule has 0 aliphatic carbocycles. The molecule has 170 valence electrons. The van der Waals surface area contributed by atoms with E-state index in [2.05, 4.69) is 39.2 Å². The summed E-state index contributed by atoms with van der Waals surface area (Å²) >= 11 is 6.33. The van der Waals surface area contributed by atoms with Crippen molar-refractivity contribution in [3.05, 3.63) is 48.5 Å². The molecule has 1 heterocycles. The quantitative estimate of drug-likeness (QED) is 0.214. The van der Waals surface area contributed by atoms with Gasteiger partial charge in [0.05, 0.1) is 10.6 Å². The van der Waals surface area contributed by atoms with Crippen molar-refractivity contribution in [3.63, 3.8) is 0 Å². The summed E-state index contributed by atoms with van der Waals surface area (Å²) in [6, 6.07) is 15.4. The third-order valence-corrected chi connectivity index (χ3v) is 7.23. The molecule has 2 aromatic carbocycles. The molecule has 1 fully saturated rings. The maximum Gasteiger partial charge on any atom is 0.533 e. The van der Waals surface area contributed by atoms with E-state index in [-0.39, 0.29) is 6.04 Å². The average molecular weight is 489 g/mol. The fourth-order valence-corrected chi connectivity index (χ4v) is 5.30. The fourth-order valence-electron chi connectivity index (χ4n) is 3.44. The van der Waals surface area contributed by atoms with Crippen LogP contribution < -0.4 is 5.32 Å². The second-order valence-electron chi connectivity index (χ2n) is 7.45. The van der Waals surface area contributed by atoms with Crippen molar-refractivity contribution < 1.29 is 17.4 Å². The van der Waals surface area contributed by atoms with Crippen LogP contribution in [0.3, 0.4) is 0 Å². The van der Waals surface area contributed by atoms with Crippen LogP contribution in [0.2, 0.25) is 0 Å². The van der Waals surface area contributed by atoms with E-state index in [1.54, 1.807) is 30.0 Å². The van der Waals surface area contributed by atoms with Crippen molar-refractivity contribution >= 4 is 42.1 Å². The molecule has 3 rings (SSSR count). The normalized spacial score (nSPS) is 16.3. The summed E-state index contributed by atoms with van der Waals surface area (Å²) in [5, 5.41) is 3.47. The summed E-state index contributed by atoms with van der Waals surface area (Å²) in [6.07, 6.45) is -0.0400. The molecule has 0 spiro atoms. The predicted molar refractivity (Wildman–Crippen MR) is 126 cm³/mol. The second-order valence-corrected chi connectivity index (χ2v) is 9.83. The first-order valence-corrected chi connectivity index (χ1v) is 12.5. The molecule has 0 saturated carbocycles. The van der Waals surface area contributed by atoms with E-state index in [4.69, 9.17) is 0 Å². The van der Waals surface area contributed by atoms with E-state index in [9.17, 15) is 13.2 Å². The molecule has 0 radical (unpaired) electrons. The Morgan fingerprint density at radius 3 is 2.52 bits per heavy atom. The summed E-state index contributed by atoms with van der Waals surface area (Å²) in [4.78, 5) is 4.61. The van der Waals surface area contributed by atoms with E-state index >= 15 is 0 Å². The van der Waals surface area contributed by atoms with E-state index < -0.39 is 6.36 Å². The second kappa shape index (κ2) is 12.3. The molecule has 0 aromatic heterocycles. The molecular formula is C22H27F3N2OS3. The van der Waals surface area contributed by atoms with Gasteiger partial charge in [-0.1, -0.05) is 24.6 Å². The SMILES string of the molecule is FC(F)(F)OSc1cc(S)ccc1NC(CCN1CCCCC1)CSc1ccccc1. The molecule has 1 atom stereocenters. The first-order chi connectivity index (χ1) is 14.9. The van der Waals surface area contributed by atoms with Gasteiger partial charge < -0.3 is 10.2 Å². The number of piperidine rings is 1. The number of nitrogens with zero attached hydrogens (tertiary/aromatic N) is 1. The van der Waals surface area contributed by atoms with Gasteiger partial charge in [0.15, 0.2) is 0 Å². The van der Waals surface area contributed by atoms with Crippen molar-refractivity contribution in [3.8, 4) is 0 Å². The zero-order chi connectivity index (χ0) is 22.1. The van der Waals surface area contributed by atoms with Crippen LogP contribution in [0.1, 0.15) is 25.7 Å². The average Bonchev–Trinajstić information content (AvgIpc) is 2.76. The van der Waals surface area contributed by atoms with Crippen molar-refractivity contribution in [2.45, 2.75) is 52.8 Å². The molecule has 3 nitrogen and oxygen atoms in total. The summed E-state index contributed by atoms with van der Waals surface area (Å²) < 4.78 is 41.7. The number of thioether (sulfide) groups is 1. The van der Waals surface area contributed by atoms with Crippen LogP contribution in [-0.4, -0.2) is 42.7 Å². The number of alkyl halides is 3. The minimum absolute atomic E-state index is 0.100. The number of thiol groups is 1. The number of nitrogens with one attached hydrogen (secondary N) is 1. The smallest absolute Gasteiger partial charge is 0.380 e. The Morgan fingerprint density at radius 2 is 1.81 bits per heavy atom. The molecule has 0 amide bonds. The molecule has 2 aromatic rings. The molecule has 1 unspecified atom stereocenters. The maximum absolute atomic E-state index is 12.6. The Hall–Kier alpha value is -1.00. The molecular weight excluding hydrogens is 461 g/mol. The molecule has 1 aliphatic rings. The highest BCUT2D eigenvalue weighted by atomic mass is 32.2. The molecule has 1 saturated heterocycles. The number of likely N-dealkylation sites (tertiary alicyclic amines) is 1. The van der Waals surface area contributed by atoms with Gasteiger partial charge in [0.25, 0.3) is 0 Å². The van der Waals surface area contributed by atoms with Crippen LogP contribution in [0, 0.1) is 0 Å². The highest BCUT2D eigenvalue weighted by molar-refractivity contribution is 7.99. The van der Waals surface area contributed by atoms with Crippen LogP contribution >= 0.6 is 36.4 Å². The highest BCUT2D eigenvalue weighted by Gasteiger charge is 2.31. The van der Waals surface area contributed by atoms with Gasteiger partial charge in [-0.25, -0.2) is 4.18 Å². The van der Waals surface area contributed by atoms with Gasteiger partial charge in [-0.3, -0.25) is 0 Å². The van der Waals surface area contributed by atoms with Gasteiger partial charge in [0, 0.05) is 40.2 Å². The van der Waals surface area contributed by atoms with E-state index in [1.807, 2.05) is 18.2 Å². The lowest BCUT2D eigenvalue weighted by Gasteiger charge is -2.29.